The van der Waals surface area contributed by atoms with Gasteiger partial charge in [0.2, 0.25) is 0 Å². The first-order chi connectivity index (χ1) is 10.8. The van der Waals surface area contributed by atoms with Crippen LogP contribution in [0.15, 0.2) is 24.3 Å². The molecule has 1 spiro atoms. The number of alkyl halides is 1. The van der Waals surface area contributed by atoms with Crippen molar-refractivity contribution in [3.63, 3.8) is 0 Å². The zero-order valence-corrected chi connectivity index (χ0v) is 13.8. The molecule has 122 valence electrons. The third-order valence-corrected chi connectivity index (χ3v) is 4.94. The minimum absolute atomic E-state index is 0.239. The summed E-state index contributed by atoms with van der Waals surface area (Å²) in [4.78, 5) is 0. The van der Waals surface area contributed by atoms with E-state index >= 15 is 0 Å². The monoisotopic (exact) mass is 324 g/mol. The lowest BCUT2D eigenvalue weighted by Gasteiger charge is -2.35. The molecule has 1 saturated heterocycles. The van der Waals surface area contributed by atoms with Gasteiger partial charge in [-0.15, -0.1) is 11.6 Å². The summed E-state index contributed by atoms with van der Waals surface area (Å²) in [5.74, 6) is 2.08. The molecule has 0 amide bonds. The second-order valence-electron chi connectivity index (χ2n) is 6.29. The number of hydrogen-bond donors (Lipinski definition) is 0. The molecule has 1 aliphatic carbocycles. The van der Waals surface area contributed by atoms with Crippen LogP contribution in [0.3, 0.4) is 0 Å². The van der Waals surface area contributed by atoms with Crippen LogP contribution >= 0.6 is 11.6 Å². The SMILES string of the molecule is ClCCCOc1ccc(CC2CCC3(CC2)OCCO3)cc1. The van der Waals surface area contributed by atoms with Crippen LogP contribution < -0.4 is 4.74 Å². The topological polar surface area (TPSA) is 27.7 Å². The van der Waals surface area contributed by atoms with Gasteiger partial charge in [-0.3, -0.25) is 0 Å². The first-order valence-electron chi connectivity index (χ1n) is 8.35. The average Bonchev–Trinajstić information content (AvgIpc) is 3.00. The summed E-state index contributed by atoms with van der Waals surface area (Å²) in [6.07, 6.45) is 6.48. The number of ether oxygens (including phenoxy) is 3. The Kier molecular flexibility index (Phi) is 5.61. The molecule has 1 aromatic rings. The minimum atomic E-state index is -0.239. The Balaban J connectivity index is 1.45. The van der Waals surface area contributed by atoms with E-state index < -0.39 is 0 Å². The molecule has 4 heteroatoms. The zero-order valence-electron chi connectivity index (χ0n) is 13.1. The van der Waals surface area contributed by atoms with Gasteiger partial charge in [0.05, 0.1) is 19.8 Å². The fourth-order valence-electron chi connectivity index (χ4n) is 3.41. The highest BCUT2D eigenvalue weighted by molar-refractivity contribution is 6.17. The Morgan fingerprint density at radius 1 is 1.09 bits per heavy atom. The Hall–Kier alpha value is -0.770. The first kappa shape index (κ1) is 16.1. The van der Waals surface area contributed by atoms with Crippen LogP contribution in [0, 0.1) is 5.92 Å². The molecule has 0 aromatic heterocycles. The van der Waals surface area contributed by atoms with E-state index in [0.29, 0.717) is 12.5 Å². The van der Waals surface area contributed by atoms with Crippen molar-refractivity contribution in [1.29, 1.82) is 0 Å². The minimum Gasteiger partial charge on any atom is -0.494 e. The predicted molar refractivity (Wildman–Crippen MR) is 87.6 cm³/mol. The van der Waals surface area contributed by atoms with Crippen molar-refractivity contribution < 1.29 is 14.2 Å². The van der Waals surface area contributed by atoms with Gasteiger partial charge in [0.25, 0.3) is 0 Å². The van der Waals surface area contributed by atoms with Gasteiger partial charge in [0.15, 0.2) is 5.79 Å². The standard InChI is InChI=1S/C18H25ClO3/c19-10-1-11-20-17-4-2-15(3-5-17)14-16-6-8-18(9-7-16)21-12-13-22-18/h2-5,16H,1,6-14H2. The van der Waals surface area contributed by atoms with Gasteiger partial charge in [0, 0.05) is 18.7 Å². The molecule has 0 bridgehead atoms. The largest absolute Gasteiger partial charge is 0.494 e. The maximum absolute atomic E-state index is 5.79. The van der Waals surface area contributed by atoms with Gasteiger partial charge in [-0.2, -0.15) is 0 Å². The van der Waals surface area contributed by atoms with Crippen LogP contribution in [0.4, 0.5) is 0 Å². The van der Waals surface area contributed by atoms with Crippen LogP contribution in [-0.4, -0.2) is 31.5 Å². The molecule has 1 heterocycles. The van der Waals surface area contributed by atoms with Crippen LogP contribution in [0.1, 0.15) is 37.7 Å². The van der Waals surface area contributed by atoms with E-state index in [0.717, 1.165) is 50.6 Å². The van der Waals surface area contributed by atoms with E-state index in [4.69, 9.17) is 25.8 Å². The molecule has 2 aliphatic rings. The number of hydrogen-bond acceptors (Lipinski definition) is 3. The lowest BCUT2D eigenvalue weighted by molar-refractivity contribution is -0.182. The smallest absolute Gasteiger partial charge is 0.168 e. The Labute approximate surface area is 137 Å². The van der Waals surface area contributed by atoms with Crippen molar-refractivity contribution in [3.05, 3.63) is 29.8 Å². The summed E-state index contributed by atoms with van der Waals surface area (Å²) in [7, 11) is 0. The molecule has 22 heavy (non-hydrogen) atoms. The second-order valence-corrected chi connectivity index (χ2v) is 6.67. The van der Waals surface area contributed by atoms with E-state index in [1.165, 1.54) is 18.4 Å². The summed E-state index contributed by atoms with van der Waals surface area (Å²) >= 11 is 5.65. The molecule has 0 unspecified atom stereocenters. The van der Waals surface area contributed by atoms with Gasteiger partial charge in [0.1, 0.15) is 5.75 Å². The molecule has 1 aromatic carbocycles. The third-order valence-electron chi connectivity index (χ3n) is 4.67. The Morgan fingerprint density at radius 2 is 1.77 bits per heavy atom. The number of halogens is 1. The van der Waals surface area contributed by atoms with Crippen LogP contribution in [-0.2, 0) is 15.9 Å². The second kappa shape index (κ2) is 7.67. The summed E-state index contributed by atoms with van der Waals surface area (Å²) < 4.78 is 17.2. The molecule has 2 fully saturated rings. The predicted octanol–water partition coefficient (Wildman–Crippen LogP) is 4.17. The zero-order chi connectivity index (χ0) is 15.3. The quantitative estimate of drug-likeness (QED) is 0.580. The first-order valence-corrected chi connectivity index (χ1v) is 8.89. The lowest BCUT2D eigenvalue weighted by Crippen LogP contribution is -2.35. The van der Waals surface area contributed by atoms with Crippen LogP contribution in [0.25, 0.3) is 0 Å². The number of benzene rings is 1. The highest BCUT2D eigenvalue weighted by Crippen LogP contribution is 2.39. The number of rotatable bonds is 6. The fraction of sp³-hybridized carbons (Fsp3) is 0.667. The maximum Gasteiger partial charge on any atom is 0.168 e. The lowest BCUT2D eigenvalue weighted by atomic mass is 9.81. The van der Waals surface area contributed by atoms with Gasteiger partial charge in [-0.1, -0.05) is 12.1 Å². The highest BCUT2D eigenvalue weighted by atomic mass is 35.5. The van der Waals surface area contributed by atoms with Crippen molar-refractivity contribution in [2.75, 3.05) is 25.7 Å². The van der Waals surface area contributed by atoms with Crippen molar-refractivity contribution in [1.82, 2.24) is 0 Å². The maximum atomic E-state index is 5.79. The molecule has 3 rings (SSSR count). The van der Waals surface area contributed by atoms with Crippen LogP contribution in [0.5, 0.6) is 5.75 Å². The summed E-state index contributed by atoms with van der Waals surface area (Å²) in [6.45, 7) is 2.21. The summed E-state index contributed by atoms with van der Waals surface area (Å²) in [6, 6.07) is 8.50. The third kappa shape index (κ3) is 4.15. The van der Waals surface area contributed by atoms with E-state index in [-0.39, 0.29) is 5.79 Å². The highest BCUT2D eigenvalue weighted by Gasteiger charge is 2.40. The average molecular weight is 325 g/mol. The van der Waals surface area contributed by atoms with E-state index in [1.54, 1.807) is 0 Å². The van der Waals surface area contributed by atoms with Crippen molar-refractivity contribution in [3.8, 4) is 5.75 Å². The molecule has 0 N–H and O–H groups in total. The fourth-order valence-corrected chi connectivity index (χ4v) is 3.52. The summed E-state index contributed by atoms with van der Waals surface area (Å²) in [5, 5.41) is 0. The van der Waals surface area contributed by atoms with E-state index in [1.807, 2.05) is 0 Å². The summed E-state index contributed by atoms with van der Waals surface area (Å²) in [5.41, 5.74) is 1.39. The van der Waals surface area contributed by atoms with Crippen LogP contribution in [0.2, 0.25) is 0 Å². The molecule has 3 nitrogen and oxygen atoms in total. The van der Waals surface area contributed by atoms with Gasteiger partial charge in [-0.05, 0) is 49.3 Å². The van der Waals surface area contributed by atoms with Crippen molar-refractivity contribution in [2.24, 2.45) is 5.92 Å². The van der Waals surface area contributed by atoms with Gasteiger partial charge >= 0.3 is 0 Å². The molecular formula is C18H25ClO3. The van der Waals surface area contributed by atoms with Gasteiger partial charge < -0.3 is 14.2 Å². The normalized spacial score (nSPS) is 21.3. The van der Waals surface area contributed by atoms with E-state index in [2.05, 4.69) is 24.3 Å². The molecular weight excluding hydrogens is 300 g/mol. The van der Waals surface area contributed by atoms with E-state index in [9.17, 15) is 0 Å². The molecule has 1 aliphatic heterocycles. The van der Waals surface area contributed by atoms with Crippen molar-refractivity contribution >= 4 is 11.6 Å². The molecule has 0 atom stereocenters. The molecule has 0 radical (unpaired) electrons. The van der Waals surface area contributed by atoms with Crippen molar-refractivity contribution in [2.45, 2.75) is 44.3 Å². The Morgan fingerprint density at radius 3 is 2.41 bits per heavy atom. The molecule has 1 saturated carbocycles. The Bertz CT molecular complexity index is 444. The van der Waals surface area contributed by atoms with Gasteiger partial charge in [-0.25, -0.2) is 0 Å².